The van der Waals surface area contributed by atoms with Gasteiger partial charge in [-0.25, -0.2) is 4.98 Å². The zero-order valence-electron chi connectivity index (χ0n) is 11.6. The first-order valence-electron chi connectivity index (χ1n) is 6.36. The molecule has 0 radical (unpaired) electrons. The Balaban J connectivity index is 2.05. The molecule has 5 nitrogen and oxygen atoms in total. The van der Waals surface area contributed by atoms with Gasteiger partial charge in [0.2, 0.25) is 0 Å². The predicted molar refractivity (Wildman–Crippen MR) is 94.6 cm³/mol. The van der Waals surface area contributed by atoms with Crippen LogP contribution in [-0.2, 0) is 16.0 Å². The first-order valence-corrected chi connectivity index (χ1v) is 8.69. The summed E-state index contributed by atoms with van der Waals surface area (Å²) in [5.41, 5.74) is 1.05. The van der Waals surface area contributed by atoms with Crippen molar-refractivity contribution in [2.45, 2.75) is 13.3 Å². The molecule has 0 aliphatic carbocycles. The smallest absolute Gasteiger partial charge is 0.311 e. The molecule has 0 atom stereocenters. The number of hydrogen-bond donors (Lipinski definition) is 1. The average molecular weight is 451 g/mol. The molecule has 0 aliphatic rings. The van der Waals surface area contributed by atoms with E-state index in [1.807, 2.05) is 0 Å². The molecule has 2 rings (SSSR count). The Kier molecular flexibility index (Phi) is 6.16. The number of aromatic nitrogens is 1. The van der Waals surface area contributed by atoms with E-state index in [0.717, 1.165) is 3.57 Å². The molecule has 0 fully saturated rings. The van der Waals surface area contributed by atoms with E-state index in [9.17, 15) is 9.59 Å². The molecule has 0 saturated heterocycles. The lowest BCUT2D eigenvalue weighted by molar-refractivity contribution is -0.142. The zero-order valence-corrected chi connectivity index (χ0v) is 15.3. The van der Waals surface area contributed by atoms with E-state index >= 15 is 0 Å². The number of thiazole rings is 1. The monoisotopic (exact) mass is 450 g/mol. The van der Waals surface area contributed by atoms with Gasteiger partial charge in [-0.15, -0.1) is 11.3 Å². The summed E-state index contributed by atoms with van der Waals surface area (Å²) < 4.78 is 5.65. The summed E-state index contributed by atoms with van der Waals surface area (Å²) in [5, 5.41) is 5.35. The van der Waals surface area contributed by atoms with E-state index < -0.39 is 0 Å². The lowest BCUT2D eigenvalue weighted by Gasteiger charge is -2.04. The molecule has 116 valence electrons. The van der Waals surface area contributed by atoms with Crippen molar-refractivity contribution in [1.29, 1.82) is 0 Å². The van der Waals surface area contributed by atoms with E-state index in [2.05, 4.69) is 32.9 Å². The number of esters is 1. The molecule has 1 amide bonds. The van der Waals surface area contributed by atoms with Gasteiger partial charge in [0, 0.05) is 14.0 Å². The van der Waals surface area contributed by atoms with Gasteiger partial charge in [-0.05, 0) is 47.7 Å². The number of benzene rings is 1. The van der Waals surface area contributed by atoms with Crippen molar-refractivity contribution in [2.24, 2.45) is 0 Å². The molecule has 1 aromatic carbocycles. The average Bonchev–Trinajstić information content (AvgIpc) is 2.88. The van der Waals surface area contributed by atoms with Gasteiger partial charge >= 0.3 is 5.97 Å². The van der Waals surface area contributed by atoms with Crippen molar-refractivity contribution in [1.82, 2.24) is 4.98 Å². The van der Waals surface area contributed by atoms with E-state index in [-0.39, 0.29) is 18.3 Å². The molecule has 22 heavy (non-hydrogen) atoms. The largest absolute Gasteiger partial charge is 0.466 e. The first kappa shape index (κ1) is 17.2. The highest BCUT2D eigenvalue weighted by atomic mass is 127. The third-order valence-corrected chi connectivity index (χ3v) is 4.56. The number of carbonyl (C=O) groups is 2. The maximum Gasteiger partial charge on any atom is 0.311 e. The van der Waals surface area contributed by atoms with Crippen LogP contribution in [0, 0.1) is 3.57 Å². The van der Waals surface area contributed by atoms with Gasteiger partial charge in [-0.3, -0.25) is 14.9 Å². The number of rotatable bonds is 5. The van der Waals surface area contributed by atoms with Crippen LogP contribution in [0.25, 0.3) is 0 Å². The topological polar surface area (TPSA) is 68.3 Å². The van der Waals surface area contributed by atoms with Crippen molar-refractivity contribution in [2.75, 3.05) is 11.9 Å². The molecule has 0 bridgehead atoms. The summed E-state index contributed by atoms with van der Waals surface area (Å²) in [5.74, 6) is -0.626. The molecule has 2 aromatic rings. The maximum absolute atomic E-state index is 12.2. The van der Waals surface area contributed by atoms with Crippen LogP contribution in [0.2, 0.25) is 5.02 Å². The second-order valence-corrected chi connectivity index (χ2v) is 6.66. The van der Waals surface area contributed by atoms with Crippen LogP contribution >= 0.6 is 45.5 Å². The van der Waals surface area contributed by atoms with Crippen molar-refractivity contribution in [3.05, 3.63) is 43.4 Å². The summed E-state index contributed by atoms with van der Waals surface area (Å²) in [7, 11) is 0. The fourth-order valence-corrected chi connectivity index (χ4v) is 3.10. The van der Waals surface area contributed by atoms with Crippen molar-refractivity contribution in [3.63, 3.8) is 0 Å². The van der Waals surface area contributed by atoms with E-state index in [0.29, 0.717) is 28.0 Å². The van der Waals surface area contributed by atoms with Crippen LogP contribution in [0.15, 0.2) is 23.6 Å². The summed E-state index contributed by atoms with van der Waals surface area (Å²) >= 11 is 9.23. The number of ether oxygens (including phenoxy) is 1. The van der Waals surface area contributed by atoms with Gasteiger partial charge in [0.15, 0.2) is 5.13 Å². The molecule has 0 unspecified atom stereocenters. The van der Waals surface area contributed by atoms with Crippen LogP contribution in [0.4, 0.5) is 5.13 Å². The number of nitrogens with zero attached hydrogens (tertiary/aromatic N) is 1. The van der Waals surface area contributed by atoms with Crippen LogP contribution in [-0.4, -0.2) is 23.5 Å². The number of anilines is 1. The highest BCUT2D eigenvalue weighted by Crippen LogP contribution is 2.21. The highest BCUT2D eigenvalue weighted by Gasteiger charge is 2.14. The summed E-state index contributed by atoms with van der Waals surface area (Å²) in [6, 6.07) is 5.10. The van der Waals surface area contributed by atoms with Crippen molar-refractivity contribution in [3.8, 4) is 0 Å². The molecule has 0 aliphatic heterocycles. The van der Waals surface area contributed by atoms with Gasteiger partial charge < -0.3 is 4.74 Å². The summed E-state index contributed by atoms with van der Waals surface area (Å²) in [4.78, 5) is 27.8. The molecule has 0 saturated carbocycles. The fourth-order valence-electron chi connectivity index (χ4n) is 1.64. The van der Waals surface area contributed by atoms with Gasteiger partial charge in [0.1, 0.15) is 0 Å². The number of hydrogen-bond acceptors (Lipinski definition) is 5. The number of amides is 1. The second-order valence-electron chi connectivity index (χ2n) is 4.20. The molecule has 1 aromatic heterocycles. The molecular formula is C14H12ClIN2O3S. The Morgan fingerprint density at radius 2 is 2.23 bits per heavy atom. The minimum atomic E-state index is -0.338. The fraction of sp³-hybridized carbons (Fsp3) is 0.214. The van der Waals surface area contributed by atoms with Crippen LogP contribution in [0.1, 0.15) is 23.0 Å². The Bertz CT molecular complexity index is 705. The minimum Gasteiger partial charge on any atom is -0.466 e. The van der Waals surface area contributed by atoms with Crippen LogP contribution in [0.3, 0.4) is 0 Å². The lowest BCUT2D eigenvalue weighted by atomic mass is 10.2. The Labute approximate surface area is 150 Å². The molecular weight excluding hydrogens is 439 g/mol. The normalized spacial score (nSPS) is 10.3. The first-order chi connectivity index (χ1) is 10.5. The van der Waals surface area contributed by atoms with Crippen LogP contribution in [0.5, 0.6) is 0 Å². The van der Waals surface area contributed by atoms with E-state index in [1.54, 1.807) is 30.5 Å². The third-order valence-electron chi connectivity index (χ3n) is 2.58. The number of halogens is 2. The standard InChI is InChI=1S/C14H12ClIN2O3S/c1-2-21-12(19)6-9-7-22-14(17-9)18-13(20)10-5-8(15)3-4-11(10)16/h3-5,7H,2,6H2,1H3,(H,17,18,20). The third kappa shape index (κ3) is 4.65. The molecule has 1 heterocycles. The summed E-state index contributed by atoms with van der Waals surface area (Å²) in [6.45, 7) is 2.08. The minimum absolute atomic E-state index is 0.0922. The van der Waals surface area contributed by atoms with Gasteiger partial charge in [-0.1, -0.05) is 11.6 Å². The quantitative estimate of drug-likeness (QED) is 0.556. The Hall–Kier alpha value is -1.19. The maximum atomic E-state index is 12.2. The molecule has 8 heteroatoms. The SMILES string of the molecule is CCOC(=O)Cc1csc(NC(=O)c2cc(Cl)ccc2I)n1. The predicted octanol–water partition coefficient (Wildman–Crippen LogP) is 3.76. The second kappa shape index (κ2) is 7.89. The van der Waals surface area contributed by atoms with Crippen molar-refractivity contribution < 1.29 is 14.3 Å². The Morgan fingerprint density at radius 1 is 1.45 bits per heavy atom. The van der Waals surface area contributed by atoms with Gasteiger partial charge in [-0.2, -0.15) is 0 Å². The molecule has 1 N–H and O–H groups in total. The van der Waals surface area contributed by atoms with Gasteiger partial charge in [0.25, 0.3) is 5.91 Å². The van der Waals surface area contributed by atoms with Gasteiger partial charge in [0.05, 0.1) is 24.3 Å². The lowest BCUT2D eigenvalue weighted by Crippen LogP contribution is -2.13. The molecule has 0 spiro atoms. The number of carbonyl (C=O) groups excluding carboxylic acids is 2. The Morgan fingerprint density at radius 3 is 2.95 bits per heavy atom. The summed E-state index contributed by atoms with van der Waals surface area (Å²) in [6.07, 6.45) is 0.0922. The van der Waals surface area contributed by atoms with E-state index in [4.69, 9.17) is 16.3 Å². The van der Waals surface area contributed by atoms with Crippen molar-refractivity contribution >= 4 is 62.5 Å². The number of nitrogens with one attached hydrogen (secondary N) is 1. The highest BCUT2D eigenvalue weighted by molar-refractivity contribution is 14.1. The van der Waals surface area contributed by atoms with Crippen LogP contribution < -0.4 is 5.32 Å². The van der Waals surface area contributed by atoms with E-state index in [1.165, 1.54) is 11.3 Å². The zero-order chi connectivity index (χ0) is 16.1.